The van der Waals surface area contributed by atoms with Crippen LogP contribution in [0.5, 0.6) is 0 Å². The van der Waals surface area contributed by atoms with E-state index in [0.717, 1.165) is 5.37 Å². The Morgan fingerprint density at radius 2 is 2.20 bits per heavy atom. The molecule has 0 bridgehead atoms. The molecule has 0 saturated heterocycles. The number of esters is 1. The molecular weight excluding hydrogens is 156 g/mol. The minimum atomic E-state index is -2.27. The summed E-state index contributed by atoms with van der Waals surface area (Å²) in [6, 6.07) is 0. The molecule has 0 amide bonds. The smallest absolute Gasteiger partial charge is 0.310 e. The Hall–Kier alpha value is -0.840. The Kier molecular flexibility index (Phi) is 4.57. The molecule has 0 rings (SSSR count). The predicted octanol–water partition coefficient (Wildman–Crippen LogP) is -0.379. The van der Waals surface area contributed by atoms with Crippen LogP contribution in [0.4, 0.5) is 0 Å². The second-order valence-corrected chi connectivity index (χ2v) is 2.29. The normalized spacial score (nSPS) is 8.50. The van der Waals surface area contributed by atoms with Crippen molar-refractivity contribution in [3.63, 3.8) is 0 Å². The maximum atomic E-state index is 10.4. The van der Waals surface area contributed by atoms with Crippen LogP contribution in [0.3, 0.4) is 0 Å². The molecule has 0 heterocycles. The first-order valence-corrected chi connectivity index (χ1v) is 3.87. The average Bonchev–Trinajstić information content (AvgIpc) is 1.85. The van der Waals surface area contributed by atoms with E-state index in [1.54, 1.807) is 6.92 Å². The van der Waals surface area contributed by atoms with Crippen LogP contribution in [0.15, 0.2) is 0 Å². The van der Waals surface area contributed by atoms with E-state index >= 15 is 0 Å². The molecular formula is C5H8O4S. The fraction of sp³-hybridized carbons (Fsp3) is 0.600. The average molecular weight is 164 g/mol. The van der Waals surface area contributed by atoms with Crippen LogP contribution in [-0.4, -0.2) is 26.4 Å². The van der Waals surface area contributed by atoms with Gasteiger partial charge in [0.1, 0.15) is 0 Å². The number of rotatable bonds is 3. The van der Waals surface area contributed by atoms with E-state index in [4.69, 9.17) is 0 Å². The zero-order chi connectivity index (χ0) is 7.98. The lowest BCUT2D eigenvalue weighted by Crippen LogP contribution is -2.03. The van der Waals surface area contributed by atoms with Gasteiger partial charge in [0, 0.05) is 5.37 Å². The van der Waals surface area contributed by atoms with Crippen LogP contribution < -0.4 is 0 Å². The lowest BCUT2D eigenvalue weighted by molar-refractivity contribution is -0.141. The molecule has 0 spiro atoms. The SMILES string of the molecule is CCOC(=O)CC=S(=O)=O. The number of carbonyl (C=O) groups excluding carboxylic acids is 1. The molecule has 0 saturated carbocycles. The summed E-state index contributed by atoms with van der Waals surface area (Å²) in [6.45, 7) is 1.93. The fourth-order valence-corrected chi connectivity index (χ4v) is 0.628. The maximum absolute atomic E-state index is 10.4. The maximum Gasteiger partial charge on any atom is 0.310 e. The molecule has 0 unspecified atom stereocenters. The molecule has 58 valence electrons. The van der Waals surface area contributed by atoms with Crippen molar-refractivity contribution in [3.05, 3.63) is 0 Å². The lowest BCUT2D eigenvalue weighted by atomic mass is 10.5. The number of carbonyl (C=O) groups is 1. The van der Waals surface area contributed by atoms with Gasteiger partial charge in [-0.05, 0) is 6.92 Å². The summed E-state index contributed by atoms with van der Waals surface area (Å²) >= 11 is 0. The fourth-order valence-electron chi connectivity index (χ4n) is 0.356. The van der Waals surface area contributed by atoms with Crippen molar-refractivity contribution in [1.82, 2.24) is 0 Å². The Bertz CT molecular complexity index is 218. The first-order chi connectivity index (χ1) is 4.66. The molecule has 0 radical (unpaired) electrons. The van der Waals surface area contributed by atoms with Crippen LogP contribution in [-0.2, 0) is 19.8 Å². The van der Waals surface area contributed by atoms with Gasteiger partial charge in [-0.1, -0.05) is 0 Å². The highest BCUT2D eigenvalue weighted by Crippen LogP contribution is 1.80. The van der Waals surface area contributed by atoms with Crippen molar-refractivity contribution in [2.45, 2.75) is 13.3 Å². The third kappa shape index (κ3) is 5.30. The van der Waals surface area contributed by atoms with Crippen LogP contribution in [0.1, 0.15) is 13.3 Å². The topological polar surface area (TPSA) is 60.4 Å². The van der Waals surface area contributed by atoms with E-state index in [9.17, 15) is 13.2 Å². The molecule has 0 atom stereocenters. The Morgan fingerprint density at radius 3 is 2.60 bits per heavy atom. The minimum absolute atomic E-state index is 0.177. The first-order valence-electron chi connectivity index (χ1n) is 2.73. The molecule has 4 nitrogen and oxygen atoms in total. The predicted molar refractivity (Wildman–Crippen MR) is 36.2 cm³/mol. The van der Waals surface area contributed by atoms with Gasteiger partial charge in [0.15, 0.2) is 0 Å². The molecule has 0 fully saturated rings. The van der Waals surface area contributed by atoms with Gasteiger partial charge in [-0.25, -0.2) is 0 Å². The number of hydrogen-bond acceptors (Lipinski definition) is 4. The Balaban J connectivity index is 3.71. The molecule has 0 aromatic heterocycles. The number of ether oxygens (including phenoxy) is 1. The lowest BCUT2D eigenvalue weighted by Gasteiger charge is -1.94. The van der Waals surface area contributed by atoms with E-state index in [2.05, 4.69) is 4.74 Å². The molecule has 0 aliphatic carbocycles. The summed E-state index contributed by atoms with van der Waals surface area (Å²) in [5, 5.41) is 0.859. The van der Waals surface area contributed by atoms with Gasteiger partial charge in [0.25, 0.3) is 0 Å². The molecule has 0 aromatic carbocycles. The summed E-state index contributed by atoms with van der Waals surface area (Å²) in [4.78, 5) is 10.4. The summed E-state index contributed by atoms with van der Waals surface area (Å²) in [6.07, 6.45) is -0.177. The molecule has 0 N–H and O–H groups in total. The largest absolute Gasteiger partial charge is 0.466 e. The monoisotopic (exact) mass is 164 g/mol. The van der Waals surface area contributed by atoms with Crippen LogP contribution in [0.2, 0.25) is 0 Å². The summed E-state index contributed by atoms with van der Waals surface area (Å²) < 4.78 is 24.1. The van der Waals surface area contributed by atoms with E-state index in [1.165, 1.54) is 0 Å². The van der Waals surface area contributed by atoms with E-state index < -0.39 is 16.3 Å². The molecule has 0 aliphatic rings. The van der Waals surface area contributed by atoms with Gasteiger partial charge in [0.05, 0.1) is 13.0 Å². The second-order valence-electron chi connectivity index (χ2n) is 1.44. The molecule has 5 heteroatoms. The van der Waals surface area contributed by atoms with Crippen molar-refractivity contribution < 1.29 is 17.9 Å². The third-order valence-corrected chi connectivity index (χ3v) is 1.13. The molecule has 10 heavy (non-hydrogen) atoms. The van der Waals surface area contributed by atoms with Gasteiger partial charge in [-0.15, -0.1) is 0 Å². The van der Waals surface area contributed by atoms with Gasteiger partial charge < -0.3 is 4.74 Å². The highest BCUT2D eigenvalue weighted by molar-refractivity contribution is 7.71. The minimum Gasteiger partial charge on any atom is -0.466 e. The summed E-state index contributed by atoms with van der Waals surface area (Å²) in [7, 11) is -2.27. The zero-order valence-electron chi connectivity index (χ0n) is 5.53. The second kappa shape index (κ2) is 4.99. The van der Waals surface area contributed by atoms with Gasteiger partial charge in [-0.3, -0.25) is 4.79 Å². The highest BCUT2D eigenvalue weighted by Gasteiger charge is 1.96. The van der Waals surface area contributed by atoms with Crippen molar-refractivity contribution in [2.75, 3.05) is 6.61 Å². The quantitative estimate of drug-likeness (QED) is 0.421. The zero-order valence-corrected chi connectivity index (χ0v) is 6.35. The summed E-state index contributed by atoms with van der Waals surface area (Å²) in [5.74, 6) is -0.522. The van der Waals surface area contributed by atoms with Crippen molar-refractivity contribution >= 4 is 21.6 Å². The molecule has 0 aliphatic heterocycles. The van der Waals surface area contributed by atoms with Gasteiger partial charge in [0.2, 0.25) is 10.3 Å². The Labute approximate surface area is 60.3 Å². The van der Waals surface area contributed by atoms with Crippen molar-refractivity contribution in [1.29, 1.82) is 0 Å². The van der Waals surface area contributed by atoms with E-state index in [0.29, 0.717) is 0 Å². The van der Waals surface area contributed by atoms with Crippen LogP contribution in [0.25, 0.3) is 0 Å². The number of hydrogen-bond donors (Lipinski definition) is 0. The van der Waals surface area contributed by atoms with E-state index in [1.807, 2.05) is 0 Å². The van der Waals surface area contributed by atoms with Crippen LogP contribution in [0, 0.1) is 0 Å². The van der Waals surface area contributed by atoms with E-state index in [-0.39, 0.29) is 13.0 Å². The molecule has 0 aromatic rings. The van der Waals surface area contributed by atoms with Crippen molar-refractivity contribution in [2.24, 2.45) is 0 Å². The first kappa shape index (κ1) is 9.16. The Morgan fingerprint density at radius 1 is 1.60 bits per heavy atom. The van der Waals surface area contributed by atoms with Gasteiger partial charge in [-0.2, -0.15) is 8.42 Å². The van der Waals surface area contributed by atoms with Crippen LogP contribution >= 0.6 is 0 Å². The standard InChI is InChI=1S/C5H8O4S/c1-2-9-5(6)3-4-10(7)8/h4H,2-3H2,1H3. The third-order valence-electron chi connectivity index (χ3n) is 0.691. The van der Waals surface area contributed by atoms with Crippen molar-refractivity contribution in [3.8, 4) is 0 Å². The van der Waals surface area contributed by atoms with Gasteiger partial charge >= 0.3 is 5.97 Å². The highest BCUT2D eigenvalue weighted by atomic mass is 32.2. The summed E-state index contributed by atoms with van der Waals surface area (Å²) in [5.41, 5.74) is 0.